The number of carbonyl (C=O) groups excluding carboxylic acids is 1. The van der Waals surface area contributed by atoms with Gasteiger partial charge in [-0.2, -0.15) is 13.2 Å². The summed E-state index contributed by atoms with van der Waals surface area (Å²) in [6, 6.07) is 1.82. The van der Waals surface area contributed by atoms with Gasteiger partial charge in [0.25, 0.3) is 0 Å². The Kier molecular flexibility index (Phi) is 3.16. The van der Waals surface area contributed by atoms with Gasteiger partial charge in [0, 0.05) is 0 Å². The van der Waals surface area contributed by atoms with Crippen LogP contribution in [-0.4, -0.2) is 12.1 Å². The fraction of sp³-hybridized carbons (Fsp3) is 0.222. The molecule has 0 spiro atoms. The lowest BCUT2D eigenvalue weighted by molar-refractivity contribution is -0.167. The number of amides is 1. The molecular formula is C9H6F5NO. The minimum atomic E-state index is -5.19. The first-order valence-electron chi connectivity index (χ1n) is 4.06. The van der Waals surface area contributed by atoms with E-state index < -0.39 is 29.4 Å². The minimum Gasteiger partial charge on any atom is -0.313 e. The van der Waals surface area contributed by atoms with E-state index in [1.807, 2.05) is 0 Å². The van der Waals surface area contributed by atoms with E-state index >= 15 is 0 Å². The van der Waals surface area contributed by atoms with Gasteiger partial charge in [-0.25, -0.2) is 8.78 Å². The van der Waals surface area contributed by atoms with Gasteiger partial charge in [-0.15, -0.1) is 0 Å². The van der Waals surface area contributed by atoms with Crippen molar-refractivity contribution in [3.8, 4) is 0 Å². The van der Waals surface area contributed by atoms with Crippen LogP contribution in [0.25, 0.3) is 0 Å². The van der Waals surface area contributed by atoms with E-state index in [-0.39, 0.29) is 5.56 Å². The highest BCUT2D eigenvalue weighted by Gasteiger charge is 2.39. The largest absolute Gasteiger partial charge is 0.471 e. The second-order valence-corrected chi connectivity index (χ2v) is 3.01. The van der Waals surface area contributed by atoms with Gasteiger partial charge in [0.2, 0.25) is 0 Å². The van der Waals surface area contributed by atoms with Crippen LogP contribution in [0.1, 0.15) is 5.56 Å². The predicted molar refractivity (Wildman–Crippen MR) is 45.8 cm³/mol. The summed E-state index contributed by atoms with van der Waals surface area (Å²) in [5.41, 5.74) is -1.17. The first-order valence-corrected chi connectivity index (χ1v) is 4.06. The smallest absolute Gasteiger partial charge is 0.313 e. The summed E-state index contributed by atoms with van der Waals surface area (Å²) in [7, 11) is 0. The lowest BCUT2D eigenvalue weighted by Crippen LogP contribution is -2.30. The summed E-state index contributed by atoms with van der Waals surface area (Å²) in [5.74, 6) is -4.91. The molecule has 0 heterocycles. The number of benzene rings is 1. The van der Waals surface area contributed by atoms with Gasteiger partial charge < -0.3 is 5.32 Å². The molecule has 2 nitrogen and oxygen atoms in total. The molecule has 88 valence electrons. The zero-order valence-corrected chi connectivity index (χ0v) is 7.95. The summed E-state index contributed by atoms with van der Waals surface area (Å²) >= 11 is 0. The van der Waals surface area contributed by atoms with Crippen molar-refractivity contribution in [2.45, 2.75) is 13.1 Å². The lowest BCUT2D eigenvalue weighted by atomic mass is 10.2. The van der Waals surface area contributed by atoms with Crippen molar-refractivity contribution in [1.82, 2.24) is 0 Å². The second kappa shape index (κ2) is 4.07. The van der Waals surface area contributed by atoms with Gasteiger partial charge in [0.15, 0.2) is 5.82 Å². The maximum Gasteiger partial charge on any atom is 0.471 e. The first-order chi connectivity index (χ1) is 7.23. The number of hydrogen-bond acceptors (Lipinski definition) is 1. The average Bonchev–Trinajstić information content (AvgIpc) is 2.17. The molecular weight excluding hydrogens is 233 g/mol. The number of halogens is 5. The quantitative estimate of drug-likeness (QED) is 0.750. The van der Waals surface area contributed by atoms with Crippen molar-refractivity contribution < 1.29 is 26.7 Å². The number of rotatable bonds is 1. The molecule has 0 aromatic heterocycles. The second-order valence-electron chi connectivity index (χ2n) is 3.01. The van der Waals surface area contributed by atoms with E-state index in [9.17, 15) is 26.7 Å². The van der Waals surface area contributed by atoms with E-state index in [4.69, 9.17) is 0 Å². The topological polar surface area (TPSA) is 29.1 Å². The molecule has 16 heavy (non-hydrogen) atoms. The Bertz CT molecular complexity index is 427. The van der Waals surface area contributed by atoms with Crippen molar-refractivity contribution in [3.05, 3.63) is 29.3 Å². The van der Waals surface area contributed by atoms with Gasteiger partial charge in [-0.1, -0.05) is 6.07 Å². The molecule has 0 atom stereocenters. The molecule has 0 aliphatic carbocycles. The summed E-state index contributed by atoms with van der Waals surface area (Å²) < 4.78 is 61.7. The van der Waals surface area contributed by atoms with Crippen LogP contribution in [0.15, 0.2) is 12.1 Å². The summed E-state index contributed by atoms with van der Waals surface area (Å²) in [6.45, 7) is 1.23. The van der Waals surface area contributed by atoms with Crippen molar-refractivity contribution in [2.24, 2.45) is 0 Å². The normalized spacial score (nSPS) is 11.4. The Hall–Kier alpha value is -1.66. The fourth-order valence-electron chi connectivity index (χ4n) is 0.956. The van der Waals surface area contributed by atoms with Crippen LogP contribution in [0.5, 0.6) is 0 Å². The third kappa shape index (κ3) is 2.47. The third-order valence-electron chi connectivity index (χ3n) is 1.78. The maximum absolute atomic E-state index is 13.2. The highest BCUT2D eigenvalue weighted by Crippen LogP contribution is 2.24. The van der Waals surface area contributed by atoms with Crippen LogP contribution in [-0.2, 0) is 4.79 Å². The van der Waals surface area contributed by atoms with Crippen LogP contribution in [0.2, 0.25) is 0 Å². The Morgan fingerprint density at radius 3 is 2.31 bits per heavy atom. The third-order valence-corrected chi connectivity index (χ3v) is 1.78. The van der Waals surface area contributed by atoms with E-state index in [2.05, 4.69) is 0 Å². The predicted octanol–water partition coefficient (Wildman–Crippen LogP) is 2.77. The molecule has 0 saturated heterocycles. The molecule has 1 aromatic carbocycles. The van der Waals surface area contributed by atoms with Crippen LogP contribution in [0.4, 0.5) is 27.6 Å². The number of nitrogens with one attached hydrogen (secondary N) is 1. The molecule has 0 aliphatic rings. The van der Waals surface area contributed by atoms with Gasteiger partial charge in [0.1, 0.15) is 11.5 Å². The summed E-state index contributed by atoms with van der Waals surface area (Å²) in [4.78, 5) is 10.5. The van der Waals surface area contributed by atoms with Gasteiger partial charge in [-0.3, -0.25) is 4.79 Å². The molecule has 0 aliphatic heterocycles. The van der Waals surface area contributed by atoms with Gasteiger partial charge in [0.05, 0.1) is 0 Å². The highest BCUT2D eigenvalue weighted by molar-refractivity contribution is 5.95. The Balaban J connectivity index is 3.07. The molecule has 1 amide bonds. The van der Waals surface area contributed by atoms with Crippen LogP contribution >= 0.6 is 0 Å². The fourth-order valence-corrected chi connectivity index (χ4v) is 0.956. The maximum atomic E-state index is 13.2. The molecule has 0 fully saturated rings. The van der Waals surface area contributed by atoms with E-state index in [0.717, 1.165) is 17.4 Å². The molecule has 0 unspecified atom stereocenters. The zero-order valence-electron chi connectivity index (χ0n) is 7.95. The molecule has 0 radical (unpaired) electrons. The number of carbonyl (C=O) groups is 1. The van der Waals surface area contributed by atoms with E-state index in [0.29, 0.717) is 0 Å². The van der Waals surface area contributed by atoms with Crippen molar-refractivity contribution >= 4 is 11.6 Å². The number of alkyl halides is 3. The molecule has 0 saturated carbocycles. The molecule has 1 aromatic rings. The molecule has 1 rings (SSSR count). The summed E-state index contributed by atoms with van der Waals surface area (Å²) in [5, 5.41) is 1.15. The van der Waals surface area contributed by atoms with Crippen molar-refractivity contribution in [3.63, 3.8) is 0 Å². The summed E-state index contributed by atoms with van der Waals surface area (Å²) in [6.07, 6.45) is -5.19. The molecule has 0 bridgehead atoms. The van der Waals surface area contributed by atoms with E-state index in [1.54, 1.807) is 0 Å². The molecule has 1 N–H and O–H groups in total. The monoisotopic (exact) mass is 239 g/mol. The van der Waals surface area contributed by atoms with Crippen molar-refractivity contribution in [2.75, 3.05) is 5.32 Å². The first kappa shape index (κ1) is 12.4. The van der Waals surface area contributed by atoms with Crippen molar-refractivity contribution in [1.29, 1.82) is 0 Å². The van der Waals surface area contributed by atoms with Crippen LogP contribution < -0.4 is 5.32 Å². The van der Waals surface area contributed by atoms with Crippen LogP contribution in [0, 0.1) is 18.6 Å². The minimum absolute atomic E-state index is 0.0705. The number of anilines is 1. The standard InChI is InChI=1S/C9H6F5NO/c1-4-2-3-5(10)7(6(4)11)15-8(16)9(12,13)14/h2-3H,1H3,(H,15,16). The highest BCUT2D eigenvalue weighted by atomic mass is 19.4. The Labute approximate surface area is 87.1 Å². The Morgan fingerprint density at radius 2 is 1.81 bits per heavy atom. The van der Waals surface area contributed by atoms with E-state index in [1.165, 1.54) is 6.92 Å². The lowest BCUT2D eigenvalue weighted by Gasteiger charge is -2.10. The SMILES string of the molecule is Cc1ccc(F)c(NC(=O)C(F)(F)F)c1F. The Morgan fingerprint density at radius 1 is 1.25 bits per heavy atom. The number of hydrogen-bond donors (Lipinski definition) is 1. The van der Waals surface area contributed by atoms with Gasteiger partial charge >= 0.3 is 12.1 Å². The zero-order chi connectivity index (χ0) is 12.5. The van der Waals surface area contributed by atoms with Crippen LogP contribution in [0.3, 0.4) is 0 Å². The molecule has 7 heteroatoms. The van der Waals surface area contributed by atoms with Gasteiger partial charge in [-0.05, 0) is 18.6 Å². The number of aryl methyl sites for hydroxylation is 1. The average molecular weight is 239 g/mol.